The zero-order valence-electron chi connectivity index (χ0n) is 48.3. The van der Waals surface area contributed by atoms with Gasteiger partial charge in [-0.25, -0.2) is 4.98 Å². The van der Waals surface area contributed by atoms with Gasteiger partial charge in [0.15, 0.2) is 0 Å². The van der Waals surface area contributed by atoms with Crippen LogP contribution in [-0.4, -0.2) is 18.7 Å². The first-order chi connectivity index (χ1) is 38.7. The summed E-state index contributed by atoms with van der Waals surface area (Å²) in [4.78, 5) is 4.97. The maximum atomic E-state index is 9.11. The Bertz CT molecular complexity index is 4540. The van der Waals surface area contributed by atoms with Crippen molar-refractivity contribution >= 4 is 54.6 Å². The topological polar surface area (TPSA) is 40.8 Å². The quantitative estimate of drug-likeness (QED) is 0.101. The first-order valence-electron chi connectivity index (χ1n) is 28.1. The largest absolute Gasteiger partial charge is 0.510 e. The van der Waals surface area contributed by atoms with Crippen LogP contribution in [0.1, 0.15) is 33.1 Å². The maximum Gasteiger partial charge on any atom is 0.268 e. The van der Waals surface area contributed by atoms with Crippen LogP contribution in [0.2, 0.25) is 0 Å². The van der Waals surface area contributed by atoms with Crippen LogP contribution in [0.3, 0.4) is 0 Å². The van der Waals surface area contributed by atoms with Gasteiger partial charge in [-0.15, -0.1) is 24.3 Å². The molecule has 13 rings (SSSR count). The molecule has 13 aromatic rings. The van der Waals surface area contributed by atoms with Crippen LogP contribution >= 0.6 is 0 Å². The van der Waals surface area contributed by atoms with Gasteiger partial charge < -0.3 is 18.4 Å². The van der Waals surface area contributed by atoms with Crippen molar-refractivity contribution in [1.29, 1.82) is 0 Å². The van der Waals surface area contributed by atoms with E-state index in [0.717, 1.165) is 67.1 Å². The van der Waals surface area contributed by atoms with Crippen molar-refractivity contribution in [2.75, 3.05) is 0 Å². The SMILES string of the molecule is [2H]c1c([2H])c([2H])c(-c2cccc(-c3c([2H])c([2H])c([2H])c([2H])c3[2H])c2-[n+]2[c-]n(-c3[c-]c(Oc4[c-]c5c(c(-n6c7ccccc7c7ccccc76)c4)c4ccccc4n5-c4cc(CC(C)C)ccn4)ccc3)c3ccccc32)c([2H])c1[2H].[Pt]. The van der Waals surface area contributed by atoms with Crippen LogP contribution < -0.4 is 9.30 Å². The molecule has 0 saturated carbocycles. The second-order valence-corrected chi connectivity index (χ2v) is 17.5. The molecule has 0 spiro atoms. The molecule has 4 heterocycles. The molecule has 0 fully saturated rings. The van der Waals surface area contributed by atoms with Crippen LogP contribution in [0.15, 0.2) is 218 Å². The van der Waals surface area contributed by atoms with Gasteiger partial charge in [-0.2, -0.15) is 12.1 Å². The molecule has 71 heavy (non-hydrogen) atoms. The van der Waals surface area contributed by atoms with Crippen molar-refractivity contribution in [1.82, 2.24) is 18.7 Å². The summed E-state index contributed by atoms with van der Waals surface area (Å²) in [6.07, 6.45) is 6.19. The van der Waals surface area contributed by atoms with Crippen molar-refractivity contribution in [2.45, 2.75) is 20.3 Å². The molecule has 344 valence electrons. The molecule has 6 nitrogen and oxygen atoms in total. The number of hydrogen-bond acceptors (Lipinski definition) is 2. The molecule has 0 unspecified atom stereocenters. The molecule has 0 bridgehead atoms. The molecule has 4 aromatic heterocycles. The number of imidazole rings is 1. The molecule has 7 heteroatoms. The van der Waals surface area contributed by atoms with Crippen LogP contribution in [0.25, 0.3) is 99.8 Å². The molecule has 0 atom stereocenters. The van der Waals surface area contributed by atoms with Gasteiger partial charge in [-0.1, -0.05) is 182 Å². The van der Waals surface area contributed by atoms with Crippen LogP contribution in [0, 0.1) is 24.4 Å². The molecule has 9 aromatic carbocycles. The summed E-state index contributed by atoms with van der Waals surface area (Å²) in [6.45, 7) is 4.40. The third-order valence-corrected chi connectivity index (χ3v) is 12.7. The van der Waals surface area contributed by atoms with Crippen LogP contribution in [0.4, 0.5) is 0 Å². The van der Waals surface area contributed by atoms with E-state index in [1.807, 2.05) is 72.9 Å². The van der Waals surface area contributed by atoms with Crippen molar-refractivity contribution in [2.24, 2.45) is 5.92 Å². The Morgan fingerprint density at radius 2 is 1.18 bits per heavy atom. The van der Waals surface area contributed by atoms with E-state index in [1.165, 1.54) is 0 Å². The van der Waals surface area contributed by atoms with Gasteiger partial charge in [0.05, 0.1) is 41.5 Å². The first kappa shape index (κ1) is 34.1. The number of hydrogen-bond donors (Lipinski definition) is 0. The summed E-state index contributed by atoms with van der Waals surface area (Å²) < 4.78 is 103. The third kappa shape index (κ3) is 7.63. The molecule has 0 saturated heterocycles. The Morgan fingerprint density at radius 1 is 0.592 bits per heavy atom. The summed E-state index contributed by atoms with van der Waals surface area (Å²) in [5, 5.41) is 4.17. The summed E-state index contributed by atoms with van der Waals surface area (Å²) in [7, 11) is 0. The first-order valence-corrected chi connectivity index (χ1v) is 23.1. The minimum Gasteiger partial charge on any atom is -0.510 e. The van der Waals surface area contributed by atoms with Crippen molar-refractivity contribution in [3.8, 4) is 56.6 Å². The molecule has 0 aliphatic heterocycles. The Hall–Kier alpha value is -8.31. The maximum absolute atomic E-state index is 9.11. The van der Waals surface area contributed by atoms with Crippen LogP contribution in [0.5, 0.6) is 11.5 Å². The Kier molecular flexibility index (Phi) is 8.74. The van der Waals surface area contributed by atoms with Gasteiger partial charge in [0.25, 0.3) is 6.33 Å². The molecule has 0 amide bonds. The number of aromatic nitrogens is 5. The predicted octanol–water partition coefficient (Wildman–Crippen LogP) is 15.2. The Labute approximate surface area is 440 Å². The molecule has 0 aliphatic carbocycles. The van der Waals surface area contributed by atoms with Gasteiger partial charge in [0.1, 0.15) is 5.82 Å². The monoisotopic (exact) mass is 1100 g/mol. The van der Waals surface area contributed by atoms with Crippen molar-refractivity contribution < 1.29 is 44.1 Å². The average Bonchev–Trinajstić information content (AvgIpc) is 4.36. The number of ether oxygens (including phenoxy) is 1. The van der Waals surface area contributed by atoms with Gasteiger partial charge >= 0.3 is 0 Å². The van der Waals surface area contributed by atoms with Gasteiger partial charge in [0.2, 0.25) is 0 Å². The van der Waals surface area contributed by atoms with E-state index in [1.54, 1.807) is 33.4 Å². The van der Waals surface area contributed by atoms with E-state index in [2.05, 4.69) is 102 Å². The predicted molar refractivity (Wildman–Crippen MR) is 284 cm³/mol. The zero-order chi connectivity index (χ0) is 55.4. The number of benzene rings is 9. The zero-order valence-corrected chi connectivity index (χ0v) is 40.5. The fraction of sp³-hybridized carbons (Fsp3) is 0.0625. The van der Waals surface area contributed by atoms with Gasteiger partial charge in [-0.3, -0.25) is 4.57 Å². The average molecular weight is 1110 g/mol. The minimum atomic E-state index is -0.577. The normalized spacial score (nSPS) is 13.6. The standard InChI is InChI=1S/C64H45N5O.Pt/c1-43(2)37-44-35-36-65-62(38-44)69-57-32-14-11-27-54(57)63-60(68-55-30-12-9-25-52(55)53-26-10-13-31-56(53)68)40-49(41-61(63)69)70-48-24-17-23-47(39-48)66-42-67(59-34-16-15-33-58(59)66)64-50(45-19-5-3-6-20-45)28-18-29-51(64)46-21-7-4-8-22-46;/h3-36,38,40,43H,37H2,1-2H3;/q-2;/i3D,4D,5D,6D,7D,8D,19D,20D,21D,22D;. The van der Waals surface area contributed by atoms with Crippen molar-refractivity contribution in [3.63, 3.8) is 0 Å². The number of nitrogens with zero attached hydrogens (tertiary/aromatic N) is 5. The van der Waals surface area contributed by atoms with Crippen LogP contribution in [-0.2, 0) is 27.5 Å². The molecule has 0 aliphatic rings. The molecular formula is C64H45N5OPt-2. The molecule has 0 N–H and O–H groups in total. The molecular weight excluding hydrogens is 1050 g/mol. The van der Waals surface area contributed by atoms with Crippen molar-refractivity contribution in [3.05, 3.63) is 242 Å². The third-order valence-electron chi connectivity index (χ3n) is 12.7. The minimum absolute atomic E-state index is 0. The fourth-order valence-corrected chi connectivity index (χ4v) is 9.91. The van der Waals surface area contributed by atoms with E-state index in [4.69, 9.17) is 23.4 Å². The Balaban J connectivity index is 0.00000651. The summed E-state index contributed by atoms with van der Waals surface area (Å²) >= 11 is 0. The molecule has 0 radical (unpaired) electrons. The second-order valence-electron chi connectivity index (χ2n) is 17.5. The number of rotatable bonds is 10. The number of pyridine rings is 1. The summed E-state index contributed by atoms with van der Waals surface area (Å²) in [5.41, 5.74) is 7.51. The second kappa shape index (κ2) is 18.2. The van der Waals surface area contributed by atoms with Gasteiger partial charge in [0, 0.05) is 55.1 Å². The number of para-hydroxylation sites is 6. The summed E-state index contributed by atoms with van der Waals surface area (Å²) in [6, 6.07) is 50.7. The van der Waals surface area contributed by atoms with E-state index >= 15 is 0 Å². The fourth-order valence-electron chi connectivity index (χ4n) is 9.91. The summed E-state index contributed by atoms with van der Waals surface area (Å²) in [5.74, 6) is 1.91. The smallest absolute Gasteiger partial charge is 0.268 e. The van der Waals surface area contributed by atoms with E-state index in [0.29, 0.717) is 34.1 Å². The number of fused-ring (bicyclic) bond motifs is 7. The van der Waals surface area contributed by atoms with E-state index in [9.17, 15) is 0 Å². The van der Waals surface area contributed by atoms with E-state index < -0.39 is 60.4 Å². The van der Waals surface area contributed by atoms with E-state index in [-0.39, 0.29) is 49.0 Å². The van der Waals surface area contributed by atoms with Gasteiger partial charge in [-0.05, 0) is 87.2 Å². The Morgan fingerprint density at radius 3 is 1.85 bits per heavy atom.